The van der Waals surface area contributed by atoms with E-state index in [1.54, 1.807) is 6.07 Å². The van der Waals surface area contributed by atoms with Gasteiger partial charge in [-0.15, -0.1) is 11.3 Å². The monoisotopic (exact) mass is 589 g/mol. The minimum Gasteiger partial charge on any atom is -0.481 e. The Morgan fingerprint density at radius 3 is 2.57 bits per heavy atom. The van der Waals surface area contributed by atoms with Gasteiger partial charge in [0.05, 0.1) is 18.4 Å². The Bertz CT molecular complexity index is 1580. The number of carboxylic acids is 1. The van der Waals surface area contributed by atoms with Crippen molar-refractivity contribution in [2.45, 2.75) is 82.0 Å². The zero-order valence-corrected chi connectivity index (χ0v) is 24.3. The van der Waals surface area contributed by atoms with Gasteiger partial charge < -0.3 is 19.7 Å². The molecule has 3 aromatic rings. The van der Waals surface area contributed by atoms with Gasteiger partial charge in [-0.2, -0.15) is 0 Å². The number of carboxylic acid groups (broad SMARTS) is 1. The first-order chi connectivity index (χ1) is 20.3. The lowest BCUT2D eigenvalue weighted by Crippen LogP contribution is -2.59. The summed E-state index contributed by atoms with van der Waals surface area (Å²) in [6, 6.07) is 11.2. The van der Waals surface area contributed by atoms with Gasteiger partial charge in [0.1, 0.15) is 0 Å². The van der Waals surface area contributed by atoms with E-state index in [9.17, 15) is 24.6 Å². The first kappa shape index (κ1) is 27.6. The Kier molecular flexibility index (Phi) is 7.07. The van der Waals surface area contributed by atoms with Crippen LogP contribution in [0.4, 0.5) is 0 Å². The maximum Gasteiger partial charge on any atom is 0.316 e. The highest BCUT2D eigenvalue weighted by Crippen LogP contribution is 2.45. The molecule has 1 aromatic heterocycles. The smallest absolute Gasteiger partial charge is 0.316 e. The van der Waals surface area contributed by atoms with Crippen molar-refractivity contribution in [1.82, 2.24) is 4.90 Å². The van der Waals surface area contributed by atoms with Crippen molar-refractivity contribution in [2.75, 3.05) is 13.1 Å². The molecule has 3 atom stereocenters. The number of benzene rings is 2. The van der Waals surface area contributed by atoms with Crippen molar-refractivity contribution in [3.05, 3.63) is 57.3 Å². The molecule has 6 bridgehead atoms. The van der Waals surface area contributed by atoms with Crippen LogP contribution in [0.2, 0.25) is 0 Å². The fourth-order valence-corrected chi connectivity index (χ4v) is 8.42. The third kappa shape index (κ3) is 5.23. The number of carbonyl (C=O) groups is 3. The van der Waals surface area contributed by atoms with Crippen LogP contribution in [-0.4, -0.2) is 63.7 Å². The van der Waals surface area contributed by atoms with Crippen LogP contribution in [0, 0.1) is 5.92 Å². The van der Waals surface area contributed by atoms with Gasteiger partial charge in [0.15, 0.2) is 23.4 Å². The topological polar surface area (TPSA) is 113 Å². The number of esters is 1. The third-order valence-corrected chi connectivity index (χ3v) is 10.7. The third-order valence-electron chi connectivity index (χ3n) is 9.43. The van der Waals surface area contributed by atoms with E-state index >= 15 is 0 Å². The number of ketones is 1. The summed E-state index contributed by atoms with van der Waals surface area (Å²) >= 11 is 1.32. The van der Waals surface area contributed by atoms with Crippen molar-refractivity contribution in [3.8, 4) is 11.5 Å². The molecule has 2 aromatic carbocycles. The van der Waals surface area contributed by atoms with Crippen molar-refractivity contribution in [1.29, 1.82) is 0 Å². The molecular formula is C33H35NO7S. The fraction of sp³-hybridized carbons (Fsp3) is 0.485. The minimum atomic E-state index is -1.03. The first-order valence-corrected chi connectivity index (χ1v) is 15.8. The molecule has 0 unspecified atom stereocenters. The molecule has 2 saturated carbocycles. The van der Waals surface area contributed by atoms with E-state index in [-0.39, 0.29) is 37.5 Å². The molecule has 220 valence electrons. The standard InChI is InChI=1S/C33H35NO7S/c35-24-11-12-33(39)17-26(24)41-32-21-6-3-13-34(18-19-7-8-19)29(33)14-20(21)9-10-25(32)40-31(38)16-28-23-5-2-1-4-22(23)27(42-28)15-30(36)37/h1-2,4-5,9-10,19,26,29,39H,3,6-8,11-18H2,(H,36,37)/t26-,29-,33+/m1/s1. The van der Waals surface area contributed by atoms with Crippen LogP contribution < -0.4 is 9.47 Å². The van der Waals surface area contributed by atoms with Crippen LogP contribution in [0.1, 0.15) is 59.4 Å². The second kappa shape index (κ2) is 10.8. The number of rotatable bonds is 7. The van der Waals surface area contributed by atoms with Crippen LogP contribution in [0.15, 0.2) is 36.4 Å². The van der Waals surface area contributed by atoms with Gasteiger partial charge in [-0.3, -0.25) is 19.3 Å². The lowest BCUT2D eigenvalue weighted by atomic mass is 9.74. The molecule has 0 spiro atoms. The van der Waals surface area contributed by atoms with E-state index in [4.69, 9.17) is 9.47 Å². The largest absolute Gasteiger partial charge is 0.481 e. The maximum absolute atomic E-state index is 13.4. The van der Waals surface area contributed by atoms with Gasteiger partial charge in [0.25, 0.3) is 0 Å². The molecule has 2 aliphatic heterocycles. The summed E-state index contributed by atoms with van der Waals surface area (Å²) in [5.41, 5.74) is 1.01. The molecule has 42 heavy (non-hydrogen) atoms. The molecule has 4 aliphatic rings. The summed E-state index contributed by atoms with van der Waals surface area (Å²) in [6.45, 7) is 1.85. The number of nitrogens with zero attached hydrogens (tertiary/aromatic N) is 1. The number of hydrogen-bond acceptors (Lipinski definition) is 8. The molecule has 2 N–H and O–H groups in total. The summed E-state index contributed by atoms with van der Waals surface area (Å²) in [6.07, 6.45) is 4.77. The maximum atomic E-state index is 13.4. The van der Waals surface area contributed by atoms with Gasteiger partial charge >= 0.3 is 11.9 Å². The Morgan fingerprint density at radius 2 is 1.83 bits per heavy atom. The van der Waals surface area contributed by atoms with Crippen molar-refractivity contribution >= 4 is 39.8 Å². The average molecular weight is 590 g/mol. The van der Waals surface area contributed by atoms with E-state index in [0.717, 1.165) is 52.7 Å². The Balaban J connectivity index is 1.21. The summed E-state index contributed by atoms with van der Waals surface area (Å²) in [5, 5.41) is 23.1. The predicted molar refractivity (Wildman–Crippen MR) is 157 cm³/mol. The van der Waals surface area contributed by atoms with Crippen molar-refractivity contribution in [2.24, 2.45) is 5.92 Å². The van der Waals surface area contributed by atoms with Crippen LogP contribution in [0.25, 0.3) is 10.8 Å². The number of aliphatic carboxylic acids is 1. The number of Topliss-reactive ketones (excluding diaryl/α,β-unsaturated/α-hetero) is 1. The normalized spacial score (nSPS) is 25.6. The van der Waals surface area contributed by atoms with E-state index in [2.05, 4.69) is 4.90 Å². The molecule has 9 heteroatoms. The SMILES string of the molecule is O=C(O)Cc1sc(CC(=O)Oc2ccc3c4c2O[C@@H]2C[C@@](O)(CCC2=O)[C@@H](C3)N(CC2CC2)CCC4)c2ccccc12. The summed E-state index contributed by atoms with van der Waals surface area (Å²) in [7, 11) is 0. The number of thiophene rings is 1. The van der Waals surface area contributed by atoms with Gasteiger partial charge in [-0.25, -0.2) is 0 Å². The van der Waals surface area contributed by atoms with Crippen LogP contribution in [0.3, 0.4) is 0 Å². The number of hydrogen-bond donors (Lipinski definition) is 2. The number of aliphatic hydroxyl groups is 1. The van der Waals surface area contributed by atoms with E-state index in [1.165, 1.54) is 24.2 Å². The van der Waals surface area contributed by atoms with Crippen molar-refractivity contribution < 1.29 is 34.1 Å². The fourth-order valence-electron chi connectivity index (χ4n) is 7.16. The molecule has 2 fully saturated rings. The van der Waals surface area contributed by atoms with E-state index < -0.39 is 23.6 Å². The number of ether oxygens (including phenoxy) is 2. The summed E-state index contributed by atoms with van der Waals surface area (Å²) in [4.78, 5) is 41.8. The van der Waals surface area contributed by atoms with E-state index in [1.807, 2.05) is 30.3 Å². The van der Waals surface area contributed by atoms with Crippen LogP contribution in [-0.2, 0) is 40.1 Å². The Hall–Kier alpha value is -3.27. The zero-order chi connectivity index (χ0) is 29.0. The van der Waals surface area contributed by atoms with Gasteiger partial charge in [-0.05, 0) is 73.4 Å². The lowest BCUT2D eigenvalue weighted by Gasteiger charge is -2.46. The molecule has 8 nitrogen and oxygen atoms in total. The Morgan fingerprint density at radius 1 is 1.07 bits per heavy atom. The zero-order valence-electron chi connectivity index (χ0n) is 23.5. The molecular weight excluding hydrogens is 554 g/mol. The number of fused-ring (bicyclic) bond motifs is 5. The van der Waals surface area contributed by atoms with Gasteiger partial charge in [0, 0.05) is 40.7 Å². The molecule has 0 amide bonds. The minimum absolute atomic E-state index is 0.0123. The number of carbonyl (C=O) groups excluding carboxylic acids is 2. The highest BCUT2D eigenvalue weighted by Gasteiger charge is 2.49. The molecule has 0 saturated heterocycles. The highest BCUT2D eigenvalue weighted by molar-refractivity contribution is 7.14. The lowest BCUT2D eigenvalue weighted by molar-refractivity contribution is -0.143. The van der Waals surface area contributed by atoms with Crippen LogP contribution in [0.5, 0.6) is 11.5 Å². The Labute approximate surface area is 248 Å². The quantitative estimate of drug-likeness (QED) is 0.306. The highest BCUT2D eigenvalue weighted by atomic mass is 32.1. The summed E-state index contributed by atoms with van der Waals surface area (Å²) in [5.74, 6) is 0.00401. The molecule has 3 heterocycles. The predicted octanol–water partition coefficient (Wildman–Crippen LogP) is 4.49. The van der Waals surface area contributed by atoms with Crippen LogP contribution >= 0.6 is 11.3 Å². The average Bonchev–Trinajstić information content (AvgIpc) is 3.70. The second-order valence-corrected chi connectivity index (χ2v) is 13.6. The molecule has 7 rings (SSSR count). The second-order valence-electron chi connectivity index (χ2n) is 12.4. The van der Waals surface area contributed by atoms with Crippen molar-refractivity contribution in [3.63, 3.8) is 0 Å². The van der Waals surface area contributed by atoms with Gasteiger partial charge in [0.2, 0.25) is 0 Å². The molecule has 0 radical (unpaired) electrons. The van der Waals surface area contributed by atoms with Gasteiger partial charge in [-0.1, -0.05) is 30.3 Å². The summed E-state index contributed by atoms with van der Waals surface area (Å²) < 4.78 is 12.4. The van der Waals surface area contributed by atoms with E-state index in [0.29, 0.717) is 35.1 Å². The first-order valence-electron chi connectivity index (χ1n) is 15.0. The molecule has 2 aliphatic carbocycles.